The maximum Gasteiger partial charge on any atom is 0.224 e. The second-order valence-electron chi connectivity index (χ2n) is 5.72. The molecule has 3 aromatic rings. The number of benzene rings is 2. The number of para-hydroxylation sites is 1. The van der Waals surface area contributed by atoms with Crippen molar-refractivity contribution in [2.24, 2.45) is 0 Å². The molecule has 0 saturated carbocycles. The maximum atomic E-state index is 11.9. The minimum atomic E-state index is -0.0180. The van der Waals surface area contributed by atoms with Crippen LogP contribution in [0, 0.1) is 0 Å². The Kier molecular flexibility index (Phi) is 5.11. The van der Waals surface area contributed by atoms with Gasteiger partial charge in [-0.2, -0.15) is 0 Å². The molecule has 4 nitrogen and oxygen atoms in total. The fourth-order valence-corrected chi connectivity index (χ4v) is 3.54. The second kappa shape index (κ2) is 7.45. The summed E-state index contributed by atoms with van der Waals surface area (Å²) in [7, 11) is 0. The molecule has 5 heteroatoms. The number of amides is 1. The van der Waals surface area contributed by atoms with Gasteiger partial charge in [-0.3, -0.25) is 4.79 Å². The van der Waals surface area contributed by atoms with E-state index in [-0.39, 0.29) is 11.7 Å². The predicted molar refractivity (Wildman–Crippen MR) is 99.5 cm³/mol. The van der Waals surface area contributed by atoms with Crippen LogP contribution in [0.2, 0.25) is 0 Å². The second-order valence-corrected chi connectivity index (χ2v) is 6.75. The van der Waals surface area contributed by atoms with Crippen LogP contribution in [0.1, 0.15) is 32.6 Å². The molecular weight excluding hydrogens is 320 g/mol. The monoisotopic (exact) mass is 340 g/mol. The number of nitrogens with one attached hydrogen (secondary N) is 1. The Morgan fingerprint density at radius 3 is 2.79 bits per heavy atom. The number of phenols is 1. The summed E-state index contributed by atoms with van der Waals surface area (Å²) in [5.74, 6) is 0.107. The number of hydrogen-bond acceptors (Lipinski definition) is 4. The quantitative estimate of drug-likeness (QED) is 0.607. The van der Waals surface area contributed by atoms with Gasteiger partial charge in [0.05, 0.1) is 15.8 Å². The molecule has 124 valence electrons. The lowest BCUT2D eigenvalue weighted by Gasteiger charge is -2.07. The lowest BCUT2D eigenvalue weighted by Crippen LogP contribution is -2.10. The van der Waals surface area contributed by atoms with Gasteiger partial charge < -0.3 is 10.4 Å². The van der Waals surface area contributed by atoms with Gasteiger partial charge in [0.15, 0.2) is 0 Å². The first kappa shape index (κ1) is 16.5. The Balaban J connectivity index is 1.76. The van der Waals surface area contributed by atoms with Crippen LogP contribution in [0.4, 0.5) is 5.69 Å². The van der Waals surface area contributed by atoms with Gasteiger partial charge >= 0.3 is 0 Å². The van der Waals surface area contributed by atoms with Crippen LogP contribution in [0.15, 0.2) is 42.5 Å². The molecular formula is C19H20N2O2S. The summed E-state index contributed by atoms with van der Waals surface area (Å²) in [5, 5.41) is 13.9. The van der Waals surface area contributed by atoms with E-state index in [2.05, 4.69) is 17.2 Å². The molecule has 0 aliphatic heterocycles. The van der Waals surface area contributed by atoms with Crippen LogP contribution in [0.3, 0.4) is 0 Å². The average Bonchev–Trinajstić information content (AvgIpc) is 2.99. The Hall–Kier alpha value is -2.40. The summed E-state index contributed by atoms with van der Waals surface area (Å²) < 4.78 is 1.08. The van der Waals surface area contributed by atoms with Crippen molar-refractivity contribution in [2.75, 3.05) is 5.32 Å². The molecule has 0 radical (unpaired) electrons. The van der Waals surface area contributed by atoms with Crippen LogP contribution < -0.4 is 5.32 Å². The molecule has 0 bridgehead atoms. The van der Waals surface area contributed by atoms with Gasteiger partial charge in [0, 0.05) is 18.2 Å². The first-order chi connectivity index (χ1) is 11.7. The Labute approximate surface area is 145 Å². The molecule has 2 aromatic carbocycles. The number of thiazole rings is 1. The number of carbonyl (C=O) groups is 1. The zero-order valence-electron chi connectivity index (χ0n) is 13.6. The molecule has 2 N–H and O–H groups in total. The van der Waals surface area contributed by atoms with Crippen LogP contribution in [0.5, 0.6) is 5.75 Å². The first-order valence-corrected chi connectivity index (χ1v) is 8.98. The zero-order chi connectivity index (χ0) is 16.9. The molecule has 1 heterocycles. The maximum absolute atomic E-state index is 11.9. The fourth-order valence-electron chi connectivity index (χ4n) is 2.54. The minimum Gasteiger partial charge on any atom is -0.507 e. The summed E-state index contributed by atoms with van der Waals surface area (Å²) in [5.41, 5.74) is 2.21. The fraction of sp³-hybridized carbons (Fsp3) is 0.263. The molecule has 1 amide bonds. The van der Waals surface area contributed by atoms with Gasteiger partial charge in [-0.25, -0.2) is 4.98 Å². The van der Waals surface area contributed by atoms with Gasteiger partial charge in [0.25, 0.3) is 0 Å². The number of unbranched alkanes of at least 4 members (excludes halogenated alkanes) is 2. The van der Waals surface area contributed by atoms with Crippen LogP contribution in [-0.4, -0.2) is 16.0 Å². The number of rotatable bonds is 6. The third-order valence-corrected chi connectivity index (χ3v) is 4.88. The normalized spacial score (nSPS) is 10.9. The van der Waals surface area contributed by atoms with E-state index in [0.29, 0.717) is 17.7 Å². The van der Waals surface area contributed by atoms with Crippen LogP contribution in [0.25, 0.3) is 20.8 Å². The van der Waals surface area contributed by atoms with E-state index in [4.69, 9.17) is 0 Å². The first-order valence-electron chi connectivity index (χ1n) is 8.16. The van der Waals surface area contributed by atoms with Crippen molar-refractivity contribution < 1.29 is 9.90 Å². The summed E-state index contributed by atoms with van der Waals surface area (Å²) in [6.45, 7) is 2.11. The summed E-state index contributed by atoms with van der Waals surface area (Å²) in [6.07, 6.45) is 3.53. The molecule has 0 aliphatic carbocycles. The van der Waals surface area contributed by atoms with Crippen LogP contribution in [-0.2, 0) is 4.79 Å². The van der Waals surface area contributed by atoms with Crippen molar-refractivity contribution in [3.8, 4) is 16.3 Å². The topological polar surface area (TPSA) is 62.2 Å². The molecule has 0 fully saturated rings. The number of nitrogens with zero attached hydrogens (tertiary/aromatic N) is 1. The minimum absolute atomic E-state index is 0.0180. The Morgan fingerprint density at radius 2 is 2.04 bits per heavy atom. The summed E-state index contributed by atoms with van der Waals surface area (Å²) >= 11 is 1.54. The van der Waals surface area contributed by atoms with Gasteiger partial charge in [-0.1, -0.05) is 31.9 Å². The molecule has 0 atom stereocenters. The molecule has 0 aliphatic rings. The number of aromatic nitrogens is 1. The predicted octanol–water partition coefficient (Wildman–Crippen LogP) is 5.19. The number of phenolic OH excluding ortho intramolecular Hbond substituents is 1. The number of aromatic hydroxyl groups is 1. The Bertz CT molecular complexity index is 824. The van der Waals surface area contributed by atoms with E-state index >= 15 is 0 Å². The van der Waals surface area contributed by atoms with Crippen molar-refractivity contribution in [1.82, 2.24) is 4.98 Å². The lowest BCUT2D eigenvalue weighted by molar-refractivity contribution is -0.116. The van der Waals surface area contributed by atoms with Gasteiger partial charge in [-0.15, -0.1) is 11.3 Å². The van der Waals surface area contributed by atoms with Crippen molar-refractivity contribution in [1.29, 1.82) is 0 Å². The number of fused-ring (bicyclic) bond motifs is 1. The largest absolute Gasteiger partial charge is 0.507 e. The van der Waals surface area contributed by atoms with Gasteiger partial charge in [0.2, 0.25) is 5.91 Å². The lowest BCUT2D eigenvalue weighted by atomic mass is 10.1. The van der Waals surface area contributed by atoms with Gasteiger partial charge in [-0.05, 0) is 30.7 Å². The number of hydrogen-bond donors (Lipinski definition) is 2. The number of anilines is 1. The standard InChI is InChI=1S/C19H20N2O2S/c1-2-3-4-9-18(23)20-13-10-11-14(16(22)12-13)19-21-15-7-5-6-8-17(15)24-19/h5-8,10-12,22H,2-4,9H2,1H3,(H,20,23). The van der Waals surface area contributed by atoms with E-state index in [0.717, 1.165) is 34.5 Å². The highest BCUT2D eigenvalue weighted by Crippen LogP contribution is 2.36. The van der Waals surface area contributed by atoms with Crippen LogP contribution >= 0.6 is 11.3 Å². The van der Waals surface area contributed by atoms with E-state index in [1.807, 2.05) is 24.3 Å². The highest BCUT2D eigenvalue weighted by atomic mass is 32.1. The third-order valence-electron chi connectivity index (χ3n) is 3.81. The highest BCUT2D eigenvalue weighted by molar-refractivity contribution is 7.21. The average molecular weight is 340 g/mol. The third kappa shape index (κ3) is 3.74. The molecule has 24 heavy (non-hydrogen) atoms. The van der Waals surface area contributed by atoms with E-state index in [1.165, 1.54) is 11.3 Å². The molecule has 1 aromatic heterocycles. The molecule has 0 unspecified atom stereocenters. The zero-order valence-corrected chi connectivity index (χ0v) is 14.4. The molecule has 0 saturated heterocycles. The van der Waals surface area contributed by atoms with E-state index in [1.54, 1.807) is 18.2 Å². The Morgan fingerprint density at radius 1 is 1.21 bits per heavy atom. The van der Waals surface area contributed by atoms with Crippen molar-refractivity contribution in [3.63, 3.8) is 0 Å². The van der Waals surface area contributed by atoms with E-state index in [9.17, 15) is 9.90 Å². The highest BCUT2D eigenvalue weighted by Gasteiger charge is 2.11. The van der Waals surface area contributed by atoms with Gasteiger partial charge in [0.1, 0.15) is 10.8 Å². The van der Waals surface area contributed by atoms with E-state index < -0.39 is 0 Å². The van der Waals surface area contributed by atoms with Crippen molar-refractivity contribution in [3.05, 3.63) is 42.5 Å². The SMILES string of the molecule is CCCCCC(=O)Nc1ccc(-c2nc3ccccc3s2)c(O)c1. The summed E-state index contributed by atoms with van der Waals surface area (Å²) in [6, 6.07) is 13.1. The molecule has 0 spiro atoms. The number of carbonyl (C=O) groups excluding carboxylic acids is 1. The smallest absolute Gasteiger partial charge is 0.224 e. The summed E-state index contributed by atoms with van der Waals surface area (Å²) in [4.78, 5) is 16.4. The van der Waals surface area contributed by atoms with Crippen molar-refractivity contribution in [2.45, 2.75) is 32.6 Å². The molecule has 3 rings (SSSR count). The van der Waals surface area contributed by atoms with Crippen molar-refractivity contribution >= 4 is 33.1 Å².